The summed E-state index contributed by atoms with van der Waals surface area (Å²) in [5.41, 5.74) is 0.311. The fraction of sp³-hybridized carbons (Fsp3) is 0.783. The highest BCUT2D eigenvalue weighted by atomic mass is 16.6. The average molecular weight is 435 g/mol. The van der Waals surface area contributed by atoms with Gasteiger partial charge in [0.25, 0.3) is 0 Å². The number of amides is 1. The fourth-order valence-electron chi connectivity index (χ4n) is 5.38. The number of imidazole rings is 1. The number of rotatable bonds is 5. The number of hydrogen-bond donors (Lipinski definition) is 0. The molecule has 0 N–H and O–H groups in total. The van der Waals surface area contributed by atoms with Crippen molar-refractivity contribution < 1.29 is 19.1 Å². The van der Waals surface area contributed by atoms with Crippen LogP contribution in [0.2, 0.25) is 0 Å². The van der Waals surface area contributed by atoms with Crippen LogP contribution < -0.4 is 0 Å². The summed E-state index contributed by atoms with van der Waals surface area (Å²) < 4.78 is 11.9. The molecule has 2 saturated heterocycles. The van der Waals surface area contributed by atoms with Crippen LogP contribution in [0.1, 0.15) is 64.6 Å². The number of carbonyl (C=O) groups excluding carboxylic acids is 2. The molecule has 4 rings (SSSR count). The van der Waals surface area contributed by atoms with E-state index in [0.717, 1.165) is 51.3 Å². The highest BCUT2D eigenvalue weighted by Crippen LogP contribution is 2.51. The molecule has 1 amide bonds. The van der Waals surface area contributed by atoms with E-state index >= 15 is 0 Å². The maximum absolute atomic E-state index is 12.0. The lowest BCUT2D eigenvalue weighted by Crippen LogP contribution is -2.54. The molecule has 1 aromatic heterocycles. The first kappa shape index (κ1) is 23.6. The van der Waals surface area contributed by atoms with Gasteiger partial charge in [0.1, 0.15) is 12.4 Å². The fourth-order valence-corrected chi connectivity index (χ4v) is 5.38. The van der Waals surface area contributed by atoms with Gasteiger partial charge in [-0.1, -0.05) is 13.8 Å². The lowest BCUT2D eigenvalue weighted by Gasteiger charge is -2.51. The van der Waals surface area contributed by atoms with Gasteiger partial charge in [0, 0.05) is 37.4 Å². The largest absolute Gasteiger partial charge is 0.468 e. The van der Waals surface area contributed by atoms with E-state index < -0.39 is 0 Å². The molecule has 0 aromatic carbocycles. The first-order chi connectivity index (χ1) is 15.0. The van der Waals surface area contributed by atoms with E-state index in [4.69, 9.17) is 9.47 Å². The molecule has 0 radical (unpaired) electrons. The summed E-state index contributed by atoms with van der Waals surface area (Å²) in [6, 6.07) is 0.632. The van der Waals surface area contributed by atoms with Crippen LogP contribution in [0.5, 0.6) is 0 Å². The van der Waals surface area contributed by atoms with Crippen molar-refractivity contribution in [3.05, 3.63) is 18.2 Å². The molecule has 31 heavy (non-hydrogen) atoms. The third-order valence-electron chi connectivity index (χ3n) is 6.99. The second-order valence-electron chi connectivity index (χ2n) is 8.73. The van der Waals surface area contributed by atoms with E-state index in [-0.39, 0.29) is 18.6 Å². The Bertz CT molecular complexity index is 736. The Morgan fingerprint density at radius 2 is 1.90 bits per heavy atom. The second kappa shape index (κ2) is 10.5. The van der Waals surface area contributed by atoms with E-state index in [1.807, 2.05) is 36.4 Å². The van der Waals surface area contributed by atoms with Crippen molar-refractivity contribution in [2.75, 3.05) is 39.9 Å². The van der Waals surface area contributed by atoms with Crippen LogP contribution in [0, 0.1) is 5.41 Å². The van der Waals surface area contributed by atoms with E-state index in [0.29, 0.717) is 24.0 Å². The summed E-state index contributed by atoms with van der Waals surface area (Å²) >= 11 is 0. The third kappa shape index (κ3) is 5.22. The monoisotopic (exact) mass is 434 g/mol. The van der Waals surface area contributed by atoms with Gasteiger partial charge >= 0.3 is 12.1 Å². The molecule has 1 aliphatic carbocycles. The summed E-state index contributed by atoms with van der Waals surface area (Å²) in [5, 5.41) is 0. The minimum atomic E-state index is -0.241. The van der Waals surface area contributed by atoms with Gasteiger partial charge in [-0.2, -0.15) is 0 Å². The standard InChI is InChI=1S/C21H32N4O4.C2H6/c1-3-29-20(27)25-10-6-21(15-25)12-17(13-21)23-8-4-16(5-9-23)19-22-7-11-24(19)14-18(26)28-2;1-2/h7,11,16-17H,3-6,8-10,12-15H2,1-2H3;1-2H3. The van der Waals surface area contributed by atoms with Crippen molar-refractivity contribution in [3.63, 3.8) is 0 Å². The Hall–Kier alpha value is -2.09. The maximum Gasteiger partial charge on any atom is 0.409 e. The zero-order valence-corrected chi connectivity index (χ0v) is 19.5. The summed E-state index contributed by atoms with van der Waals surface area (Å²) in [6.45, 7) is 10.3. The van der Waals surface area contributed by atoms with E-state index in [1.165, 1.54) is 20.0 Å². The highest BCUT2D eigenvalue weighted by Gasteiger charge is 2.51. The van der Waals surface area contributed by atoms with Gasteiger partial charge in [0.2, 0.25) is 0 Å². The Kier molecular flexibility index (Phi) is 7.97. The smallest absolute Gasteiger partial charge is 0.409 e. The van der Waals surface area contributed by atoms with Crippen molar-refractivity contribution >= 4 is 12.1 Å². The molecule has 0 bridgehead atoms. The molecule has 1 aromatic rings. The average Bonchev–Trinajstić information content (AvgIpc) is 3.42. The molecule has 8 heteroatoms. The van der Waals surface area contributed by atoms with Crippen LogP contribution in [-0.2, 0) is 20.8 Å². The Labute approximate surface area is 185 Å². The molecule has 0 atom stereocenters. The van der Waals surface area contributed by atoms with Crippen molar-refractivity contribution in [2.45, 2.75) is 71.4 Å². The quantitative estimate of drug-likeness (QED) is 0.662. The molecule has 1 spiro atoms. The molecular formula is C23H38N4O4. The predicted octanol–water partition coefficient (Wildman–Crippen LogP) is 3.27. The van der Waals surface area contributed by atoms with Crippen LogP contribution in [0.15, 0.2) is 12.4 Å². The summed E-state index contributed by atoms with van der Waals surface area (Å²) in [6.07, 6.45) is 9.09. The summed E-state index contributed by atoms with van der Waals surface area (Å²) in [5.74, 6) is 1.15. The third-order valence-corrected chi connectivity index (χ3v) is 6.99. The van der Waals surface area contributed by atoms with E-state index in [1.54, 1.807) is 6.20 Å². The Morgan fingerprint density at radius 3 is 2.55 bits per heavy atom. The minimum absolute atomic E-state index is 0.156. The first-order valence-electron chi connectivity index (χ1n) is 11.8. The van der Waals surface area contributed by atoms with Gasteiger partial charge in [-0.05, 0) is 57.5 Å². The number of likely N-dealkylation sites (tertiary alicyclic amines) is 2. The number of piperidine rings is 1. The number of nitrogens with zero attached hydrogens (tertiary/aromatic N) is 4. The van der Waals surface area contributed by atoms with Crippen LogP contribution in [0.4, 0.5) is 4.79 Å². The maximum atomic E-state index is 12.0. The van der Waals surface area contributed by atoms with Gasteiger partial charge in [-0.15, -0.1) is 0 Å². The van der Waals surface area contributed by atoms with E-state index in [2.05, 4.69) is 9.88 Å². The normalized spacial score (nSPS) is 26.2. The summed E-state index contributed by atoms with van der Waals surface area (Å²) in [4.78, 5) is 32.6. The Morgan fingerprint density at radius 1 is 1.19 bits per heavy atom. The van der Waals surface area contributed by atoms with Crippen LogP contribution in [0.3, 0.4) is 0 Å². The molecule has 1 saturated carbocycles. The second-order valence-corrected chi connectivity index (χ2v) is 8.73. The van der Waals surface area contributed by atoms with Gasteiger partial charge in [0.05, 0.1) is 13.7 Å². The topological polar surface area (TPSA) is 76.9 Å². The molecule has 3 heterocycles. The lowest BCUT2D eigenvalue weighted by molar-refractivity contribution is -0.141. The zero-order valence-electron chi connectivity index (χ0n) is 19.5. The highest BCUT2D eigenvalue weighted by molar-refractivity contribution is 5.69. The Balaban J connectivity index is 0.00000132. The number of aromatic nitrogens is 2. The molecule has 3 fully saturated rings. The molecule has 8 nitrogen and oxygen atoms in total. The van der Waals surface area contributed by atoms with Crippen LogP contribution in [-0.4, -0.2) is 77.4 Å². The number of esters is 1. The van der Waals surface area contributed by atoms with Crippen LogP contribution >= 0.6 is 0 Å². The molecule has 3 aliphatic rings. The lowest BCUT2D eigenvalue weighted by atomic mass is 9.64. The van der Waals surface area contributed by atoms with Gasteiger partial charge in [-0.3, -0.25) is 4.79 Å². The van der Waals surface area contributed by atoms with Crippen LogP contribution in [0.25, 0.3) is 0 Å². The molecule has 2 aliphatic heterocycles. The molecule has 0 unspecified atom stereocenters. The predicted molar refractivity (Wildman–Crippen MR) is 118 cm³/mol. The molecular weight excluding hydrogens is 396 g/mol. The van der Waals surface area contributed by atoms with Gasteiger partial charge < -0.3 is 23.8 Å². The van der Waals surface area contributed by atoms with E-state index in [9.17, 15) is 9.59 Å². The number of carbonyl (C=O) groups is 2. The van der Waals surface area contributed by atoms with Crippen molar-refractivity contribution in [2.24, 2.45) is 5.41 Å². The molecule has 174 valence electrons. The first-order valence-corrected chi connectivity index (χ1v) is 11.8. The zero-order chi connectivity index (χ0) is 22.4. The van der Waals surface area contributed by atoms with Gasteiger partial charge in [-0.25, -0.2) is 9.78 Å². The van der Waals surface area contributed by atoms with Gasteiger partial charge in [0.15, 0.2) is 0 Å². The van der Waals surface area contributed by atoms with Crippen molar-refractivity contribution in [3.8, 4) is 0 Å². The number of hydrogen-bond acceptors (Lipinski definition) is 6. The van der Waals surface area contributed by atoms with Crippen molar-refractivity contribution in [1.82, 2.24) is 19.4 Å². The number of methoxy groups -OCH3 is 1. The summed E-state index contributed by atoms with van der Waals surface area (Å²) in [7, 11) is 1.42. The van der Waals surface area contributed by atoms with Crippen molar-refractivity contribution in [1.29, 1.82) is 0 Å². The minimum Gasteiger partial charge on any atom is -0.468 e. The number of ether oxygens (including phenoxy) is 2. The SMILES string of the molecule is CC.CCOC(=O)N1CCC2(CC(N3CCC(c4nccn4CC(=O)OC)CC3)C2)C1.